The summed E-state index contributed by atoms with van der Waals surface area (Å²) in [5.74, 6) is 0.858. The van der Waals surface area contributed by atoms with E-state index in [1.165, 1.54) is 0 Å². The quantitative estimate of drug-likeness (QED) is 0.577. The molecule has 0 saturated heterocycles. The fourth-order valence-electron chi connectivity index (χ4n) is 2.49. The molecule has 0 N–H and O–H groups in total. The second-order valence-electron chi connectivity index (χ2n) is 5.40. The summed E-state index contributed by atoms with van der Waals surface area (Å²) in [7, 11) is 0. The van der Waals surface area contributed by atoms with Crippen LogP contribution in [-0.4, -0.2) is 29.9 Å². The maximum atomic E-state index is 5.33. The van der Waals surface area contributed by atoms with E-state index in [1.54, 1.807) is 18.6 Å². The second kappa shape index (κ2) is 5.69. The van der Waals surface area contributed by atoms with E-state index in [0.717, 1.165) is 22.6 Å². The lowest BCUT2D eigenvalue weighted by molar-refractivity contribution is 0.432. The zero-order valence-electron chi connectivity index (χ0n) is 13.2. The van der Waals surface area contributed by atoms with Gasteiger partial charge in [-0.05, 0) is 44.2 Å². The molecule has 4 aromatic rings. The van der Waals surface area contributed by atoms with Crippen LogP contribution < -0.4 is 0 Å². The first-order valence-electron chi connectivity index (χ1n) is 7.45. The molecule has 118 valence electrons. The normalized spacial score (nSPS) is 10.9. The summed E-state index contributed by atoms with van der Waals surface area (Å²) in [6.45, 7) is 4.00. The van der Waals surface area contributed by atoms with E-state index >= 15 is 0 Å². The molecule has 3 heterocycles. The highest BCUT2D eigenvalue weighted by atomic mass is 16.5. The lowest BCUT2D eigenvalue weighted by Gasteiger charge is -2.04. The smallest absolute Gasteiger partial charge is 0.258 e. The molecule has 0 fully saturated rings. The van der Waals surface area contributed by atoms with E-state index in [4.69, 9.17) is 4.52 Å². The molecular formula is C17H14N6O. The topological polar surface area (TPSA) is 82.5 Å². The molecule has 0 radical (unpaired) electrons. The number of aromatic nitrogens is 6. The first kappa shape index (κ1) is 14.3. The van der Waals surface area contributed by atoms with Crippen molar-refractivity contribution in [2.75, 3.05) is 0 Å². The minimum Gasteiger partial charge on any atom is -0.334 e. The fraction of sp³-hybridized carbons (Fsp3) is 0.118. The molecule has 7 heteroatoms. The third-order valence-electron chi connectivity index (χ3n) is 3.59. The van der Waals surface area contributed by atoms with Gasteiger partial charge < -0.3 is 4.52 Å². The monoisotopic (exact) mass is 318 g/mol. The Kier molecular flexibility index (Phi) is 3.38. The van der Waals surface area contributed by atoms with Crippen molar-refractivity contribution in [1.82, 2.24) is 29.9 Å². The van der Waals surface area contributed by atoms with Crippen molar-refractivity contribution in [1.29, 1.82) is 0 Å². The molecule has 4 rings (SSSR count). The van der Waals surface area contributed by atoms with Gasteiger partial charge in [0.2, 0.25) is 5.82 Å². The second-order valence-corrected chi connectivity index (χ2v) is 5.40. The molecule has 1 aromatic carbocycles. The van der Waals surface area contributed by atoms with Gasteiger partial charge in [0.25, 0.3) is 5.89 Å². The van der Waals surface area contributed by atoms with Crippen LogP contribution in [0.4, 0.5) is 0 Å². The Hall–Kier alpha value is -3.35. The molecule has 0 saturated carbocycles. The number of benzene rings is 1. The van der Waals surface area contributed by atoms with E-state index in [2.05, 4.69) is 25.2 Å². The average Bonchev–Trinajstić information content (AvgIpc) is 3.22. The number of rotatable bonds is 3. The Balaban J connectivity index is 1.64. The van der Waals surface area contributed by atoms with Crippen molar-refractivity contribution in [3.63, 3.8) is 0 Å². The molecule has 0 aliphatic rings. The summed E-state index contributed by atoms with van der Waals surface area (Å²) in [5, 5.41) is 8.43. The molecule has 24 heavy (non-hydrogen) atoms. The van der Waals surface area contributed by atoms with Gasteiger partial charge in [0.1, 0.15) is 5.69 Å². The Morgan fingerprint density at radius 2 is 1.88 bits per heavy atom. The number of nitrogens with zero attached hydrogens (tertiary/aromatic N) is 6. The SMILES string of the molecule is Cc1cc(C)n(-c2ccc(-c3nc(-c4cnccn4)no3)cc2)n1. The van der Waals surface area contributed by atoms with Gasteiger partial charge in [-0.15, -0.1) is 0 Å². The largest absolute Gasteiger partial charge is 0.334 e. The fourth-order valence-corrected chi connectivity index (χ4v) is 2.49. The van der Waals surface area contributed by atoms with Gasteiger partial charge in [0.05, 0.1) is 17.6 Å². The first-order valence-corrected chi connectivity index (χ1v) is 7.45. The molecule has 0 amide bonds. The zero-order valence-corrected chi connectivity index (χ0v) is 13.2. The maximum Gasteiger partial charge on any atom is 0.258 e. The zero-order chi connectivity index (χ0) is 16.5. The first-order chi connectivity index (χ1) is 11.7. The van der Waals surface area contributed by atoms with Crippen LogP contribution in [0.5, 0.6) is 0 Å². The highest BCUT2D eigenvalue weighted by Crippen LogP contribution is 2.22. The van der Waals surface area contributed by atoms with Crippen LogP contribution in [0, 0.1) is 13.8 Å². The summed E-state index contributed by atoms with van der Waals surface area (Å²) < 4.78 is 7.23. The maximum absolute atomic E-state index is 5.33. The van der Waals surface area contributed by atoms with Gasteiger partial charge in [0, 0.05) is 23.7 Å². The van der Waals surface area contributed by atoms with E-state index < -0.39 is 0 Å². The van der Waals surface area contributed by atoms with Gasteiger partial charge in [0.15, 0.2) is 0 Å². The van der Waals surface area contributed by atoms with Crippen molar-refractivity contribution in [2.24, 2.45) is 0 Å². The Morgan fingerprint density at radius 3 is 2.54 bits per heavy atom. The van der Waals surface area contributed by atoms with E-state index in [1.807, 2.05) is 48.9 Å². The molecule has 0 spiro atoms. The molecule has 3 aromatic heterocycles. The van der Waals surface area contributed by atoms with Crippen LogP contribution in [0.2, 0.25) is 0 Å². The van der Waals surface area contributed by atoms with Crippen LogP contribution in [0.15, 0.2) is 53.4 Å². The molecule has 0 aliphatic heterocycles. The molecule has 0 atom stereocenters. The Labute approximate surface area is 138 Å². The molecule has 0 bridgehead atoms. The van der Waals surface area contributed by atoms with Gasteiger partial charge in [-0.1, -0.05) is 5.16 Å². The molecule has 0 aliphatic carbocycles. The molecular weight excluding hydrogens is 304 g/mol. The van der Waals surface area contributed by atoms with Crippen LogP contribution in [0.3, 0.4) is 0 Å². The van der Waals surface area contributed by atoms with E-state index in [0.29, 0.717) is 17.4 Å². The minimum atomic E-state index is 0.417. The van der Waals surface area contributed by atoms with Crippen molar-refractivity contribution < 1.29 is 4.52 Å². The van der Waals surface area contributed by atoms with Crippen LogP contribution in [-0.2, 0) is 0 Å². The van der Waals surface area contributed by atoms with Gasteiger partial charge in [-0.25, -0.2) is 9.67 Å². The van der Waals surface area contributed by atoms with Gasteiger partial charge >= 0.3 is 0 Å². The number of hydrogen-bond donors (Lipinski definition) is 0. The van der Waals surface area contributed by atoms with E-state index in [-0.39, 0.29) is 0 Å². The van der Waals surface area contributed by atoms with Crippen molar-refractivity contribution >= 4 is 0 Å². The van der Waals surface area contributed by atoms with Gasteiger partial charge in [-0.2, -0.15) is 10.1 Å². The molecule has 0 unspecified atom stereocenters. The Bertz CT molecular complexity index is 972. The lowest BCUT2D eigenvalue weighted by atomic mass is 10.2. The van der Waals surface area contributed by atoms with Crippen molar-refractivity contribution in [3.05, 3.63) is 60.3 Å². The minimum absolute atomic E-state index is 0.417. The summed E-state index contributed by atoms with van der Waals surface area (Å²) >= 11 is 0. The third-order valence-corrected chi connectivity index (χ3v) is 3.59. The van der Waals surface area contributed by atoms with Crippen molar-refractivity contribution in [2.45, 2.75) is 13.8 Å². The predicted octanol–water partition coefficient (Wildman–Crippen LogP) is 3.00. The summed E-state index contributed by atoms with van der Waals surface area (Å²) in [5.41, 5.74) is 4.47. The Morgan fingerprint density at radius 1 is 1.04 bits per heavy atom. The summed E-state index contributed by atoms with van der Waals surface area (Å²) in [4.78, 5) is 12.5. The van der Waals surface area contributed by atoms with E-state index in [9.17, 15) is 0 Å². The predicted molar refractivity (Wildman–Crippen MR) is 87.4 cm³/mol. The molecule has 7 nitrogen and oxygen atoms in total. The average molecular weight is 318 g/mol. The summed E-state index contributed by atoms with van der Waals surface area (Å²) in [6.07, 6.45) is 4.79. The highest BCUT2D eigenvalue weighted by molar-refractivity contribution is 5.58. The lowest BCUT2D eigenvalue weighted by Crippen LogP contribution is -1.98. The highest BCUT2D eigenvalue weighted by Gasteiger charge is 2.12. The number of aryl methyl sites for hydroxylation is 2. The van der Waals surface area contributed by atoms with Crippen LogP contribution in [0.25, 0.3) is 28.7 Å². The van der Waals surface area contributed by atoms with Crippen molar-refractivity contribution in [3.8, 4) is 28.7 Å². The van der Waals surface area contributed by atoms with Crippen LogP contribution >= 0.6 is 0 Å². The number of hydrogen-bond acceptors (Lipinski definition) is 6. The summed E-state index contributed by atoms with van der Waals surface area (Å²) in [6, 6.07) is 9.85. The standard InChI is InChI=1S/C17H14N6O/c1-11-9-12(2)23(21-11)14-5-3-13(4-6-14)17-20-16(22-24-17)15-10-18-7-8-19-15/h3-10H,1-2H3. The van der Waals surface area contributed by atoms with Crippen LogP contribution in [0.1, 0.15) is 11.4 Å². The van der Waals surface area contributed by atoms with Gasteiger partial charge in [-0.3, -0.25) is 4.98 Å². The third kappa shape index (κ3) is 2.56.